The maximum Gasteiger partial charge on any atom is 0.282 e. The van der Waals surface area contributed by atoms with E-state index in [0.717, 1.165) is 12.8 Å². The Bertz CT molecular complexity index is 745. The second kappa shape index (κ2) is 7.89. The number of alkyl halides is 2. The molecule has 1 aliphatic heterocycles. The number of rotatable bonds is 9. The predicted molar refractivity (Wildman–Crippen MR) is 99.5 cm³/mol. The van der Waals surface area contributed by atoms with Gasteiger partial charge in [0.05, 0.1) is 19.7 Å². The number of nitrogens with one attached hydrogen (secondary N) is 1. The quantitative estimate of drug-likeness (QED) is 0.665. The Balaban J connectivity index is 1.75. The highest BCUT2D eigenvalue weighted by molar-refractivity contribution is 5.93. The van der Waals surface area contributed by atoms with E-state index in [9.17, 15) is 18.4 Å². The molecule has 3 rings (SSSR count). The molecule has 1 saturated heterocycles. The van der Waals surface area contributed by atoms with Crippen LogP contribution in [0.5, 0.6) is 5.88 Å². The molecular weight excluding hydrogens is 370 g/mol. The molecule has 154 valence electrons. The highest BCUT2D eigenvalue weighted by atomic mass is 19.3. The normalized spacial score (nSPS) is 19.1. The van der Waals surface area contributed by atoms with Gasteiger partial charge < -0.3 is 20.7 Å². The van der Waals surface area contributed by atoms with Crippen LogP contribution in [0.3, 0.4) is 0 Å². The van der Waals surface area contributed by atoms with Crippen molar-refractivity contribution in [2.75, 3.05) is 24.6 Å². The summed E-state index contributed by atoms with van der Waals surface area (Å²) in [6, 6.07) is 2.64. The molecule has 2 heterocycles. The largest absolute Gasteiger partial charge is 0.476 e. The molecule has 1 aromatic rings. The van der Waals surface area contributed by atoms with Crippen molar-refractivity contribution in [2.45, 2.75) is 45.1 Å². The van der Waals surface area contributed by atoms with Crippen LogP contribution in [0, 0.1) is 11.8 Å². The number of primary amides is 1. The summed E-state index contributed by atoms with van der Waals surface area (Å²) in [6.07, 6.45) is 2.16. The monoisotopic (exact) mass is 396 g/mol. The van der Waals surface area contributed by atoms with Crippen molar-refractivity contribution in [3.8, 4) is 5.88 Å². The lowest BCUT2D eigenvalue weighted by Crippen LogP contribution is -2.56. The SMILES string of the molecule is CC(C)[C@H](CC(N)=O)NC(=O)c1ccc(N2CC(F)(F)C2)c(OCC2CC2)n1. The van der Waals surface area contributed by atoms with Crippen molar-refractivity contribution >= 4 is 17.5 Å². The van der Waals surface area contributed by atoms with Gasteiger partial charge in [0.2, 0.25) is 11.8 Å². The molecule has 1 atom stereocenters. The van der Waals surface area contributed by atoms with Crippen molar-refractivity contribution in [3.05, 3.63) is 17.8 Å². The number of halogens is 2. The van der Waals surface area contributed by atoms with E-state index in [1.165, 1.54) is 11.0 Å². The van der Waals surface area contributed by atoms with E-state index in [1.807, 2.05) is 13.8 Å². The molecular formula is C19H26F2N4O3. The van der Waals surface area contributed by atoms with Gasteiger partial charge in [-0.25, -0.2) is 13.8 Å². The maximum atomic E-state index is 13.3. The number of hydrogen-bond donors (Lipinski definition) is 2. The Morgan fingerprint density at radius 2 is 2.04 bits per heavy atom. The summed E-state index contributed by atoms with van der Waals surface area (Å²) in [4.78, 5) is 29.6. The predicted octanol–water partition coefficient (Wildman–Crippen LogP) is 1.96. The summed E-state index contributed by atoms with van der Waals surface area (Å²) in [5, 5.41) is 2.77. The van der Waals surface area contributed by atoms with E-state index >= 15 is 0 Å². The lowest BCUT2D eigenvalue weighted by Gasteiger charge is -2.40. The summed E-state index contributed by atoms with van der Waals surface area (Å²) in [7, 11) is 0. The molecule has 2 fully saturated rings. The van der Waals surface area contributed by atoms with Crippen molar-refractivity contribution in [2.24, 2.45) is 17.6 Å². The Morgan fingerprint density at radius 1 is 1.36 bits per heavy atom. The van der Waals surface area contributed by atoms with Gasteiger partial charge in [-0.2, -0.15) is 0 Å². The Hall–Kier alpha value is -2.45. The number of anilines is 1. The van der Waals surface area contributed by atoms with E-state index < -0.39 is 36.9 Å². The zero-order chi connectivity index (χ0) is 20.5. The Kier molecular flexibility index (Phi) is 5.71. The molecule has 28 heavy (non-hydrogen) atoms. The molecule has 0 unspecified atom stereocenters. The number of pyridine rings is 1. The number of carbonyl (C=O) groups is 2. The maximum absolute atomic E-state index is 13.3. The summed E-state index contributed by atoms with van der Waals surface area (Å²) < 4.78 is 32.3. The minimum atomic E-state index is -2.72. The zero-order valence-corrected chi connectivity index (χ0v) is 16.1. The number of hydrogen-bond acceptors (Lipinski definition) is 5. The number of amides is 2. The van der Waals surface area contributed by atoms with Gasteiger partial charge in [0.1, 0.15) is 11.4 Å². The zero-order valence-electron chi connectivity index (χ0n) is 16.1. The molecule has 1 aromatic heterocycles. The van der Waals surface area contributed by atoms with Crippen LogP contribution in [0.25, 0.3) is 0 Å². The number of aromatic nitrogens is 1. The second-order valence-corrected chi connectivity index (χ2v) is 7.98. The van der Waals surface area contributed by atoms with Crippen LogP contribution in [0.2, 0.25) is 0 Å². The first-order valence-corrected chi connectivity index (χ1v) is 9.50. The second-order valence-electron chi connectivity index (χ2n) is 7.98. The van der Waals surface area contributed by atoms with Crippen LogP contribution in [-0.2, 0) is 4.79 Å². The third-order valence-electron chi connectivity index (χ3n) is 4.95. The van der Waals surface area contributed by atoms with E-state index in [0.29, 0.717) is 18.2 Å². The van der Waals surface area contributed by atoms with Crippen LogP contribution in [0.15, 0.2) is 12.1 Å². The Morgan fingerprint density at radius 3 is 2.57 bits per heavy atom. The van der Waals surface area contributed by atoms with Crippen molar-refractivity contribution < 1.29 is 23.1 Å². The molecule has 3 N–H and O–H groups in total. The first-order chi connectivity index (χ1) is 13.1. The summed E-state index contributed by atoms with van der Waals surface area (Å²) in [6.45, 7) is 3.41. The van der Waals surface area contributed by atoms with Crippen molar-refractivity contribution in [3.63, 3.8) is 0 Å². The van der Waals surface area contributed by atoms with E-state index in [4.69, 9.17) is 10.5 Å². The topological polar surface area (TPSA) is 97.5 Å². The smallest absolute Gasteiger partial charge is 0.282 e. The van der Waals surface area contributed by atoms with Gasteiger partial charge >= 0.3 is 0 Å². The summed E-state index contributed by atoms with van der Waals surface area (Å²) >= 11 is 0. The molecule has 0 bridgehead atoms. The lowest BCUT2D eigenvalue weighted by atomic mass is 10.0. The highest BCUT2D eigenvalue weighted by Crippen LogP contribution is 2.37. The fourth-order valence-electron chi connectivity index (χ4n) is 2.98. The molecule has 0 spiro atoms. The van der Waals surface area contributed by atoms with Crippen LogP contribution < -0.4 is 20.7 Å². The lowest BCUT2D eigenvalue weighted by molar-refractivity contribution is -0.118. The fraction of sp³-hybridized carbons (Fsp3) is 0.632. The summed E-state index contributed by atoms with van der Waals surface area (Å²) in [5.41, 5.74) is 5.81. The molecule has 0 aromatic carbocycles. The third kappa shape index (κ3) is 5.08. The molecule has 0 radical (unpaired) electrons. The molecule has 2 aliphatic rings. The molecule has 1 aliphatic carbocycles. The molecule has 9 heteroatoms. The van der Waals surface area contributed by atoms with Crippen LogP contribution in [0.4, 0.5) is 14.5 Å². The molecule has 7 nitrogen and oxygen atoms in total. The van der Waals surface area contributed by atoms with Crippen molar-refractivity contribution in [1.29, 1.82) is 0 Å². The van der Waals surface area contributed by atoms with Gasteiger partial charge in [0.15, 0.2) is 0 Å². The van der Waals surface area contributed by atoms with Gasteiger partial charge in [0, 0.05) is 12.5 Å². The fourth-order valence-corrected chi connectivity index (χ4v) is 2.98. The molecule has 2 amide bonds. The number of ether oxygens (including phenoxy) is 1. The number of carbonyl (C=O) groups excluding carboxylic acids is 2. The summed E-state index contributed by atoms with van der Waals surface area (Å²) in [5.74, 6) is -3.05. The van der Waals surface area contributed by atoms with Gasteiger partial charge in [-0.1, -0.05) is 13.8 Å². The third-order valence-corrected chi connectivity index (χ3v) is 4.95. The first kappa shape index (κ1) is 20.3. The standard InChI is InChI=1S/C19H26F2N4O3/c1-11(2)14(7-16(22)26)23-17(27)13-5-6-15(25-9-19(20,21)10-25)18(24-13)28-8-12-3-4-12/h5-6,11-12,14H,3-4,7-10H2,1-2H3,(H2,22,26)(H,23,27)/t14-/m0/s1. The first-order valence-electron chi connectivity index (χ1n) is 9.50. The number of nitrogens with zero attached hydrogens (tertiary/aromatic N) is 2. The van der Waals surface area contributed by atoms with Crippen LogP contribution in [0.1, 0.15) is 43.6 Å². The van der Waals surface area contributed by atoms with Gasteiger partial charge in [-0.15, -0.1) is 0 Å². The van der Waals surface area contributed by atoms with E-state index in [-0.39, 0.29) is 23.9 Å². The number of nitrogens with two attached hydrogens (primary N) is 1. The van der Waals surface area contributed by atoms with Gasteiger partial charge in [-0.05, 0) is 36.8 Å². The van der Waals surface area contributed by atoms with E-state index in [1.54, 1.807) is 6.07 Å². The average molecular weight is 396 g/mol. The van der Waals surface area contributed by atoms with Crippen molar-refractivity contribution in [1.82, 2.24) is 10.3 Å². The van der Waals surface area contributed by atoms with Crippen LogP contribution in [-0.4, -0.2) is 48.5 Å². The van der Waals surface area contributed by atoms with E-state index in [2.05, 4.69) is 10.3 Å². The van der Waals surface area contributed by atoms with Gasteiger partial charge in [-0.3, -0.25) is 9.59 Å². The molecule has 1 saturated carbocycles. The highest BCUT2D eigenvalue weighted by Gasteiger charge is 2.45. The minimum absolute atomic E-state index is 0.00429. The van der Waals surface area contributed by atoms with Gasteiger partial charge in [0.25, 0.3) is 11.8 Å². The van der Waals surface area contributed by atoms with Crippen LogP contribution >= 0.6 is 0 Å². The average Bonchev–Trinajstić information content (AvgIpc) is 3.40. The Labute approximate surface area is 162 Å². The minimum Gasteiger partial charge on any atom is -0.476 e.